The standard InChI is InChI=1S/C33H45N7O4.C29H39N7O2/c1-22(2)43-28-20-39(21-28)30(41)10-9-24-7-8-25(17-23(24)3)29-11-14-34-31(37-29)36-26-18-35-40(19-26)27-12-15-38(16-13-27)32(42)44-33(4,5)6;1-20(2)38-26-18-35(19-26)28(37)8-7-22-5-6-23(15-21(22)3)27-9-12-30-29(33-27)32-24-16-31-36(17-24)25-10-13-34(4)14-11-25/h7-8,11,14,17-19,22,27-28H,9-10,12-13,15-16,20-21H2,1-6H3,(H,34,36,37);5-6,9,12,15-17,20,25-26H,7-8,10-11,13-14,18-19H2,1-4H3,(H,30,32,33). The van der Waals surface area contributed by atoms with Crippen LogP contribution in [0.4, 0.5) is 28.1 Å². The number of amides is 3. The Labute approximate surface area is 483 Å². The van der Waals surface area contributed by atoms with Crippen LogP contribution in [0.15, 0.2) is 85.7 Å². The number of likely N-dealkylation sites (tertiary alicyclic amines) is 4. The van der Waals surface area contributed by atoms with Crippen molar-refractivity contribution in [3.63, 3.8) is 0 Å². The first kappa shape index (κ1) is 59.3. The second kappa shape index (κ2) is 26.7. The molecule has 0 radical (unpaired) electrons. The smallest absolute Gasteiger partial charge is 0.410 e. The van der Waals surface area contributed by atoms with E-state index in [-0.39, 0.29) is 48.4 Å². The Morgan fingerprint density at radius 2 is 1.04 bits per heavy atom. The van der Waals surface area contributed by atoms with E-state index in [4.69, 9.17) is 24.2 Å². The summed E-state index contributed by atoms with van der Waals surface area (Å²) in [6.07, 6.45) is 17.9. The molecule has 0 bridgehead atoms. The van der Waals surface area contributed by atoms with Gasteiger partial charge in [0.05, 0.1) is 71.7 Å². The van der Waals surface area contributed by atoms with Crippen molar-refractivity contribution in [2.45, 2.75) is 156 Å². The van der Waals surface area contributed by atoms with Gasteiger partial charge in [0.25, 0.3) is 0 Å². The lowest BCUT2D eigenvalue weighted by molar-refractivity contribution is -0.148. The van der Waals surface area contributed by atoms with Crippen molar-refractivity contribution in [3.8, 4) is 22.5 Å². The van der Waals surface area contributed by atoms with Crippen LogP contribution in [-0.2, 0) is 36.6 Å². The van der Waals surface area contributed by atoms with Crippen LogP contribution in [0.5, 0.6) is 0 Å². The number of nitrogens with zero attached hydrogens (tertiary/aromatic N) is 12. The predicted molar refractivity (Wildman–Crippen MR) is 317 cm³/mol. The zero-order valence-electron chi connectivity index (χ0n) is 49.7. The molecule has 3 amide bonds. The largest absolute Gasteiger partial charge is 0.444 e. The van der Waals surface area contributed by atoms with E-state index >= 15 is 0 Å². The molecule has 0 atom stereocenters. The highest BCUT2D eigenvalue weighted by Crippen LogP contribution is 2.29. The Balaban J connectivity index is 0.000000200. The molecule has 0 unspecified atom stereocenters. The SMILES string of the molecule is Cc1cc(-c2ccnc(Nc3cnn(C4CCN(C(=O)OC(C)(C)C)CC4)c3)n2)ccc1CCC(=O)N1CC(OC(C)C)C1.Cc1cc(-c2ccnc(Nc3cnn(C4CCN(C)CC4)c3)n2)ccc1CCC(=O)N1CC(OC(C)C)C1. The molecule has 4 fully saturated rings. The number of carbonyl (C=O) groups is 3. The monoisotopic (exact) mass is 1120 g/mol. The topological polar surface area (TPSA) is 203 Å². The van der Waals surface area contributed by atoms with Crippen LogP contribution in [0, 0.1) is 13.8 Å². The van der Waals surface area contributed by atoms with Crippen LogP contribution in [0.3, 0.4) is 0 Å². The molecular formula is C62H84N14O6. The number of aromatic nitrogens is 8. The van der Waals surface area contributed by atoms with E-state index in [0.717, 1.165) is 95.8 Å². The van der Waals surface area contributed by atoms with Crippen molar-refractivity contribution in [3.05, 3.63) is 108 Å². The van der Waals surface area contributed by atoms with Gasteiger partial charge in [-0.3, -0.25) is 19.0 Å². The van der Waals surface area contributed by atoms with Gasteiger partial charge < -0.3 is 44.4 Å². The average Bonchev–Trinajstić information content (AvgIpc) is 4.26. The summed E-state index contributed by atoms with van der Waals surface area (Å²) in [6.45, 7) is 24.2. The third-order valence-corrected chi connectivity index (χ3v) is 15.4. The minimum atomic E-state index is -0.499. The highest BCUT2D eigenvalue weighted by Gasteiger charge is 2.33. The van der Waals surface area contributed by atoms with E-state index in [2.05, 4.69) is 97.7 Å². The molecule has 4 aromatic heterocycles. The molecule has 4 aliphatic heterocycles. The Kier molecular flexibility index (Phi) is 19.4. The second-order valence-electron chi connectivity index (χ2n) is 23.9. The van der Waals surface area contributed by atoms with Gasteiger partial charge in [0.2, 0.25) is 23.7 Å². The number of aryl methyl sites for hydroxylation is 4. The van der Waals surface area contributed by atoms with Gasteiger partial charge in [0, 0.05) is 88.0 Å². The number of benzene rings is 2. The number of hydrogen-bond acceptors (Lipinski definition) is 15. The Morgan fingerprint density at radius 3 is 1.44 bits per heavy atom. The maximum absolute atomic E-state index is 12.6. The fourth-order valence-corrected chi connectivity index (χ4v) is 10.8. The van der Waals surface area contributed by atoms with E-state index in [0.29, 0.717) is 76.5 Å². The molecule has 8 heterocycles. The van der Waals surface area contributed by atoms with Gasteiger partial charge in [-0.15, -0.1) is 0 Å². The normalized spacial score (nSPS) is 16.7. The molecule has 10 rings (SSSR count). The molecule has 0 saturated carbocycles. The van der Waals surface area contributed by atoms with E-state index in [1.54, 1.807) is 23.5 Å². The lowest BCUT2D eigenvalue weighted by Crippen LogP contribution is -2.55. The fourth-order valence-electron chi connectivity index (χ4n) is 10.8. The number of rotatable bonds is 18. The van der Waals surface area contributed by atoms with Gasteiger partial charge in [-0.2, -0.15) is 10.2 Å². The lowest BCUT2D eigenvalue weighted by Gasteiger charge is -2.40. The first-order valence-electron chi connectivity index (χ1n) is 29.3. The molecule has 4 aliphatic rings. The molecule has 0 spiro atoms. The third-order valence-electron chi connectivity index (χ3n) is 15.4. The summed E-state index contributed by atoms with van der Waals surface area (Å²) < 4.78 is 21.0. The van der Waals surface area contributed by atoms with E-state index in [1.807, 2.05) is 93.7 Å². The zero-order chi connectivity index (χ0) is 58.1. The second-order valence-corrected chi connectivity index (χ2v) is 23.9. The Morgan fingerprint density at radius 1 is 0.610 bits per heavy atom. The van der Waals surface area contributed by atoms with Gasteiger partial charge in [-0.1, -0.05) is 24.3 Å². The fraction of sp³-hybridized carbons (Fsp3) is 0.532. The van der Waals surface area contributed by atoms with Crippen molar-refractivity contribution in [1.29, 1.82) is 0 Å². The molecular weight excluding hydrogens is 1040 g/mol. The maximum Gasteiger partial charge on any atom is 0.410 e. The van der Waals surface area contributed by atoms with Crippen LogP contribution >= 0.6 is 0 Å². The molecule has 0 aliphatic carbocycles. The van der Waals surface area contributed by atoms with Crippen molar-refractivity contribution in [1.82, 2.24) is 59.1 Å². The molecule has 20 nitrogen and oxygen atoms in total. The molecule has 438 valence electrons. The molecule has 82 heavy (non-hydrogen) atoms. The highest BCUT2D eigenvalue weighted by molar-refractivity contribution is 5.78. The van der Waals surface area contributed by atoms with Crippen LogP contribution < -0.4 is 10.6 Å². The highest BCUT2D eigenvalue weighted by atomic mass is 16.6. The third kappa shape index (κ3) is 16.2. The van der Waals surface area contributed by atoms with Crippen molar-refractivity contribution in [2.75, 3.05) is 70.0 Å². The lowest BCUT2D eigenvalue weighted by atomic mass is 9.99. The molecule has 2 N–H and O–H groups in total. The maximum atomic E-state index is 12.6. The van der Waals surface area contributed by atoms with Crippen molar-refractivity contribution >= 4 is 41.2 Å². The average molecular weight is 1120 g/mol. The summed E-state index contributed by atoms with van der Waals surface area (Å²) in [5.74, 6) is 1.41. The summed E-state index contributed by atoms with van der Waals surface area (Å²) in [7, 11) is 2.17. The summed E-state index contributed by atoms with van der Waals surface area (Å²) in [5.41, 5.74) is 9.52. The van der Waals surface area contributed by atoms with Crippen molar-refractivity contribution in [2.24, 2.45) is 0 Å². The zero-order valence-corrected chi connectivity index (χ0v) is 49.7. The summed E-state index contributed by atoms with van der Waals surface area (Å²) >= 11 is 0. The molecule has 2 aromatic carbocycles. The van der Waals surface area contributed by atoms with Crippen LogP contribution in [0.25, 0.3) is 22.5 Å². The molecule has 20 heteroatoms. The van der Waals surface area contributed by atoms with Crippen molar-refractivity contribution < 1.29 is 28.6 Å². The summed E-state index contributed by atoms with van der Waals surface area (Å²) in [4.78, 5) is 63.8. The number of piperidine rings is 2. The number of anilines is 4. The Bertz CT molecular complexity index is 3110. The first-order valence-corrected chi connectivity index (χ1v) is 29.3. The minimum absolute atomic E-state index is 0.166. The van der Waals surface area contributed by atoms with Crippen LogP contribution in [-0.4, -0.2) is 166 Å². The van der Waals surface area contributed by atoms with E-state index in [1.165, 1.54) is 5.56 Å². The molecule has 6 aromatic rings. The van der Waals surface area contributed by atoms with E-state index in [9.17, 15) is 14.4 Å². The predicted octanol–water partition coefficient (Wildman–Crippen LogP) is 9.76. The van der Waals surface area contributed by atoms with Gasteiger partial charge in [-0.05, 0) is 167 Å². The number of hydrogen-bond donors (Lipinski definition) is 2. The van der Waals surface area contributed by atoms with Gasteiger partial charge >= 0.3 is 6.09 Å². The molecule has 4 saturated heterocycles. The number of carbonyl (C=O) groups excluding carboxylic acids is 3. The Hall–Kier alpha value is -7.29. The quantitative estimate of drug-likeness (QED) is 0.0823. The van der Waals surface area contributed by atoms with Crippen LogP contribution in [0.2, 0.25) is 0 Å². The number of nitrogens with one attached hydrogen (secondary N) is 2. The van der Waals surface area contributed by atoms with Gasteiger partial charge in [0.15, 0.2) is 0 Å². The number of ether oxygens (including phenoxy) is 3. The summed E-state index contributed by atoms with van der Waals surface area (Å²) in [6, 6.07) is 17.0. The van der Waals surface area contributed by atoms with Gasteiger partial charge in [0.1, 0.15) is 5.60 Å². The van der Waals surface area contributed by atoms with E-state index < -0.39 is 5.60 Å². The van der Waals surface area contributed by atoms with Crippen LogP contribution in [0.1, 0.15) is 121 Å². The first-order chi connectivity index (χ1) is 39.3. The minimum Gasteiger partial charge on any atom is -0.444 e. The summed E-state index contributed by atoms with van der Waals surface area (Å²) in [5, 5.41) is 15.7. The van der Waals surface area contributed by atoms with Gasteiger partial charge in [-0.25, -0.2) is 24.7 Å².